The second-order valence-corrected chi connectivity index (χ2v) is 3.95. The molecular formula is C10H16F2O2. The van der Waals surface area contributed by atoms with Crippen LogP contribution in [0.25, 0.3) is 0 Å². The fraction of sp³-hybridized carbons (Fsp3) is 0.900. The zero-order valence-corrected chi connectivity index (χ0v) is 8.09. The first-order valence-corrected chi connectivity index (χ1v) is 5.14. The molecule has 1 rings (SSSR count). The van der Waals surface area contributed by atoms with E-state index in [1.54, 1.807) is 0 Å². The van der Waals surface area contributed by atoms with Crippen molar-refractivity contribution < 1.29 is 18.7 Å². The lowest BCUT2D eigenvalue weighted by molar-refractivity contribution is -0.150. The number of carbonyl (C=O) groups is 1. The summed E-state index contributed by atoms with van der Waals surface area (Å²) in [5.41, 5.74) is 0. The maximum Gasteiger partial charge on any atom is 0.312 e. The third-order valence-electron chi connectivity index (χ3n) is 2.96. The highest BCUT2D eigenvalue weighted by molar-refractivity contribution is 5.70. The molecule has 0 aromatic carbocycles. The number of carboxylic acid groups (broad SMARTS) is 1. The molecule has 82 valence electrons. The van der Waals surface area contributed by atoms with Gasteiger partial charge in [0.2, 0.25) is 0 Å². The molecule has 0 aromatic rings. The predicted octanol–water partition coefficient (Wildman–Crippen LogP) is 2.92. The molecule has 14 heavy (non-hydrogen) atoms. The van der Waals surface area contributed by atoms with E-state index in [2.05, 4.69) is 0 Å². The Labute approximate surface area is 82.3 Å². The van der Waals surface area contributed by atoms with Crippen molar-refractivity contribution in [2.24, 2.45) is 11.8 Å². The molecule has 1 aliphatic rings. The molecule has 0 bridgehead atoms. The largest absolute Gasteiger partial charge is 0.481 e. The number of hydrogen-bond acceptors (Lipinski definition) is 1. The van der Waals surface area contributed by atoms with Gasteiger partial charge in [0.15, 0.2) is 0 Å². The highest BCUT2D eigenvalue weighted by Crippen LogP contribution is 2.32. The highest BCUT2D eigenvalue weighted by Gasteiger charge is 2.35. The number of alkyl halides is 2. The van der Waals surface area contributed by atoms with Gasteiger partial charge >= 0.3 is 5.97 Å². The van der Waals surface area contributed by atoms with Crippen LogP contribution in [0.15, 0.2) is 0 Å². The van der Waals surface area contributed by atoms with E-state index in [0.717, 1.165) is 25.7 Å². The van der Waals surface area contributed by atoms with Gasteiger partial charge in [-0.25, -0.2) is 8.78 Å². The second-order valence-electron chi connectivity index (χ2n) is 3.95. The van der Waals surface area contributed by atoms with Crippen LogP contribution in [0.2, 0.25) is 0 Å². The molecule has 0 spiro atoms. The molecule has 0 aromatic heterocycles. The van der Waals surface area contributed by atoms with Gasteiger partial charge < -0.3 is 5.11 Å². The summed E-state index contributed by atoms with van der Waals surface area (Å²) in [6.45, 7) is 0. The van der Waals surface area contributed by atoms with Crippen molar-refractivity contribution >= 4 is 5.97 Å². The standard InChI is InChI=1S/C10H16F2O2/c11-9(12)8(10(13)14)7-5-3-1-2-4-6-7/h7-9H,1-6H2,(H,13,14). The van der Waals surface area contributed by atoms with E-state index < -0.39 is 18.3 Å². The van der Waals surface area contributed by atoms with E-state index in [1.807, 2.05) is 0 Å². The highest BCUT2D eigenvalue weighted by atomic mass is 19.3. The van der Waals surface area contributed by atoms with Gasteiger partial charge in [0.05, 0.1) is 0 Å². The van der Waals surface area contributed by atoms with Crippen molar-refractivity contribution in [1.29, 1.82) is 0 Å². The van der Waals surface area contributed by atoms with Crippen LogP contribution in [0.1, 0.15) is 38.5 Å². The minimum absolute atomic E-state index is 0.324. The van der Waals surface area contributed by atoms with Gasteiger partial charge in [-0.3, -0.25) is 4.79 Å². The number of halogens is 2. The minimum atomic E-state index is -2.73. The van der Waals surface area contributed by atoms with E-state index in [-0.39, 0.29) is 5.92 Å². The zero-order valence-electron chi connectivity index (χ0n) is 8.09. The summed E-state index contributed by atoms with van der Waals surface area (Å²) in [5, 5.41) is 8.71. The lowest BCUT2D eigenvalue weighted by Crippen LogP contribution is -2.29. The number of hydrogen-bond donors (Lipinski definition) is 1. The minimum Gasteiger partial charge on any atom is -0.481 e. The van der Waals surface area contributed by atoms with Crippen LogP contribution in [0.3, 0.4) is 0 Å². The van der Waals surface area contributed by atoms with Crippen LogP contribution < -0.4 is 0 Å². The van der Waals surface area contributed by atoms with Gasteiger partial charge in [0.1, 0.15) is 5.92 Å². The third kappa shape index (κ3) is 2.93. The normalized spacial score (nSPS) is 21.9. The van der Waals surface area contributed by atoms with Crippen molar-refractivity contribution in [3.63, 3.8) is 0 Å². The Morgan fingerprint density at radius 1 is 1.14 bits per heavy atom. The summed E-state index contributed by atoms with van der Waals surface area (Å²) in [6.07, 6.45) is 2.43. The van der Waals surface area contributed by atoms with E-state index in [4.69, 9.17) is 5.11 Å². The van der Waals surface area contributed by atoms with Crippen molar-refractivity contribution in [3.05, 3.63) is 0 Å². The smallest absolute Gasteiger partial charge is 0.312 e. The molecule has 4 heteroatoms. The summed E-state index contributed by atoms with van der Waals surface area (Å²) in [7, 11) is 0. The van der Waals surface area contributed by atoms with Crippen molar-refractivity contribution in [1.82, 2.24) is 0 Å². The second kappa shape index (κ2) is 5.27. The summed E-state index contributed by atoms with van der Waals surface area (Å²) >= 11 is 0. The average molecular weight is 206 g/mol. The van der Waals surface area contributed by atoms with Crippen LogP contribution in [-0.4, -0.2) is 17.5 Å². The molecule has 1 fully saturated rings. The van der Waals surface area contributed by atoms with Gasteiger partial charge in [0.25, 0.3) is 6.43 Å². The molecule has 1 N–H and O–H groups in total. The molecule has 1 aliphatic carbocycles. The maximum absolute atomic E-state index is 12.5. The Morgan fingerprint density at radius 2 is 1.64 bits per heavy atom. The summed E-state index contributed by atoms with van der Waals surface area (Å²) < 4.78 is 25.0. The molecule has 2 nitrogen and oxygen atoms in total. The maximum atomic E-state index is 12.5. The SMILES string of the molecule is O=C(O)C(C(F)F)C1CCCCCC1. The fourth-order valence-electron chi connectivity index (χ4n) is 2.19. The van der Waals surface area contributed by atoms with Gasteiger partial charge in [-0.2, -0.15) is 0 Å². The molecule has 0 amide bonds. The van der Waals surface area contributed by atoms with Crippen LogP contribution in [0.4, 0.5) is 8.78 Å². The molecule has 1 unspecified atom stereocenters. The number of carboxylic acids is 1. The predicted molar refractivity (Wildman–Crippen MR) is 48.3 cm³/mol. The van der Waals surface area contributed by atoms with E-state index in [0.29, 0.717) is 12.8 Å². The van der Waals surface area contributed by atoms with Crippen LogP contribution >= 0.6 is 0 Å². The molecule has 0 aliphatic heterocycles. The van der Waals surface area contributed by atoms with Crippen LogP contribution in [-0.2, 0) is 4.79 Å². The lowest BCUT2D eigenvalue weighted by Gasteiger charge is -2.21. The van der Waals surface area contributed by atoms with Crippen LogP contribution in [0, 0.1) is 11.8 Å². The van der Waals surface area contributed by atoms with Gasteiger partial charge in [-0.05, 0) is 18.8 Å². The quantitative estimate of drug-likeness (QED) is 0.721. The first-order valence-electron chi connectivity index (χ1n) is 5.14. The lowest BCUT2D eigenvalue weighted by atomic mass is 9.86. The van der Waals surface area contributed by atoms with Crippen molar-refractivity contribution in [2.45, 2.75) is 45.0 Å². The number of rotatable bonds is 3. The van der Waals surface area contributed by atoms with E-state index in [9.17, 15) is 13.6 Å². The topological polar surface area (TPSA) is 37.3 Å². The molecule has 0 radical (unpaired) electrons. The van der Waals surface area contributed by atoms with Crippen molar-refractivity contribution in [2.75, 3.05) is 0 Å². The molecular weight excluding hydrogens is 190 g/mol. The molecule has 0 heterocycles. The van der Waals surface area contributed by atoms with Gasteiger partial charge in [-0.1, -0.05) is 25.7 Å². The summed E-state index contributed by atoms with van der Waals surface area (Å²) in [6, 6.07) is 0. The fourth-order valence-corrected chi connectivity index (χ4v) is 2.19. The monoisotopic (exact) mass is 206 g/mol. The first-order chi connectivity index (χ1) is 6.63. The van der Waals surface area contributed by atoms with Gasteiger partial charge in [-0.15, -0.1) is 0 Å². The third-order valence-corrected chi connectivity index (χ3v) is 2.96. The van der Waals surface area contributed by atoms with E-state index >= 15 is 0 Å². The molecule has 0 saturated heterocycles. The van der Waals surface area contributed by atoms with E-state index in [1.165, 1.54) is 0 Å². The Balaban J connectivity index is 2.60. The average Bonchev–Trinajstić information content (AvgIpc) is 2.31. The van der Waals surface area contributed by atoms with Crippen LogP contribution in [0.5, 0.6) is 0 Å². The summed E-state index contributed by atoms with van der Waals surface area (Å²) in [4.78, 5) is 10.7. The Kier molecular flexibility index (Phi) is 4.29. The van der Waals surface area contributed by atoms with Gasteiger partial charge in [0, 0.05) is 0 Å². The Bertz CT molecular complexity index is 187. The zero-order chi connectivity index (χ0) is 10.6. The Morgan fingerprint density at radius 3 is 2.00 bits per heavy atom. The Hall–Kier alpha value is -0.670. The first kappa shape index (κ1) is 11.4. The molecule has 1 saturated carbocycles. The summed E-state index contributed by atoms with van der Waals surface area (Å²) in [5.74, 6) is -3.12. The molecule has 1 atom stereocenters. The van der Waals surface area contributed by atoms with Crippen molar-refractivity contribution in [3.8, 4) is 0 Å². The number of aliphatic carboxylic acids is 1.